The van der Waals surface area contributed by atoms with E-state index in [2.05, 4.69) is 32.9 Å². The first kappa shape index (κ1) is 6.94. The summed E-state index contributed by atoms with van der Waals surface area (Å²) in [6, 6.07) is 0. The van der Waals surface area contributed by atoms with Crippen LogP contribution in [0.2, 0.25) is 0 Å². The first-order chi connectivity index (χ1) is 4.18. The molecule has 0 saturated carbocycles. The van der Waals surface area contributed by atoms with Crippen molar-refractivity contribution in [2.75, 3.05) is 0 Å². The Morgan fingerprint density at radius 1 is 1.22 bits per heavy atom. The Morgan fingerprint density at radius 2 is 1.67 bits per heavy atom. The van der Waals surface area contributed by atoms with E-state index in [-0.39, 0.29) is 0 Å². The van der Waals surface area contributed by atoms with Crippen LogP contribution in [0.3, 0.4) is 0 Å². The maximum Gasteiger partial charge on any atom is -0.00601 e. The summed E-state index contributed by atoms with van der Waals surface area (Å²) in [5.41, 5.74) is 0. The van der Waals surface area contributed by atoms with Gasteiger partial charge in [0, 0.05) is 0 Å². The largest absolute Gasteiger partial charge is 0.100 e. The predicted octanol–water partition coefficient (Wildman–Crippen LogP) is 3.18. The molecule has 0 saturated heterocycles. The Hall–Kier alpha value is -0.170. The molecule has 0 spiro atoms. The minimum Gasteiger partial charge on any atom is -0.100 e. The highest BCUT2D eigenvalue weighted by atomic mass is 32.2. The van der Waals surface area contributed by atoms with E-state index < -0.39 is 0 Å². The third kappa shape index (κ3) is 1.90. The molecule has 1 aliphatic rings. The Bertz CT molecular complexity index is 147. The lowest BCUT2D eigenvalue weighted by Crippen LogP contribution is -1.90. The van der Waals surface area contributed by atoms with Gasteiger partial charge in [0.05, 0.1) is 0 Å². The number of hydrogen-bond acceptors (Lipinski definition) is 1. The second-order valence-electron chi connectivity index (χ2n) is 2.52. The maximum atomic E-state index is 2.29. The van der Waals surface area contributed by atoms with Gasteiger partial charge in [-0.05, 0) is 29.6 Å². The second-order valence-corrected chi connectivity index (χ2v) is 4.01. The van der Waals surface area contributed by atoms with Crippen LogP contribution in [0.4, 0.5) is 0 Å². The standard InChI is InChI=1S/C8H12S/c1-6-4-7(2)9-8(3)5-6/h4-6H,1-3H3. The van der Waals surface area contributed by atoms with E-state index in [0.29, 0.717) is 5.92 Å². The fraction of sp³-hybridized carbons (Fsp3) is 0.500. The highest BCUT2D eigenvalue weighted by Gasteiger charge is 2.03. The van der Waals surface area contributed by atoms with Crippen molar-refractivity contribution >= 4 is 11.8 Å². The summed E-state index contributed by atoms with van der Waals surface area (Å²) >= 11 is 1.87. The molecule has 0 aliphatic carbocycles. The van der Waals surface area contributed by atoms with Gasteiger partial charge < -0.3 is 0 Å². The second kappa shape index (κ2) is 2.61. The van der Waals surface area contributed by atoms with Gasteiger partial charge in [-0.15, -0.1) is 11.8 Å². The van der Waals surface area contributed by atoms with Gasteiger partial charge in [0.1, 0.15) is 0 Å². The van der Waals surface area contributed by atoms with Crippen molar-refractivity contribution in [2.24, 2.45) is 5.92 Å². The SMILES string of the molecule is CC1=CC(C)C=C(C)S1. The molecule has 0 amide bonds. The topological polar surface area (TPSA) is 0 Å². The molecule has 0 aromatic carbocycles. The molecule has 0 aromatic rings. The molecule has 0 fully saturated rings. The molecule has 0 aromatic heterocycles. The maximum absolute atomic E-state index is 2.29. The Labute approximate surface area is 61.0 Å². The third-order valence-corrected chi connectivity index (χ3v) is 2.23. The minimum atomic E-state index is 0.645. The van der Waals surface area contributed by atoms with E-state index in [9.17, 15) is 0 Å². The van der Waals surface area contributed by atoms with Crippen molar-refractivity contribution in [1.29, 1.82) is 0 Å². The van der Waals surface area contributed by atoms with Gasteiger partial charge in [-0.2, -0.15) is 0 Å². The molecule has 0 nitrogen and oxygen atoms in total. The van der Waals surface area contributed by atoms with Crippen molar-refractivity contribution in [3.8, 4) is 0 Å². The summed E-state index contributed by atoms with van der Waals surface area (Å²) in [5.74, 6) is 0.645. The van der Waals surface area contributed by atoms with Crippen LogP contribution in [0, 0.1) is 5.92 Å². The molecule has 50 valence electrons. The Balaban J connectivity index is 2.69. The van der Waals surface area contributed by atoms with Crippen LogP contribution >= 0.6 is 11.8 Å². The number of hydrogen-bond donors (Lipinski definition) is 0. The first-order valence-electron chi connectivity index (χ1n) is 3.23. The molecule has 0 atom stereocenters. The summed E-state index contributed by atoms with van der Waals surface area (Å²) < 4.78 is 0. The lowest BCUT2D eigenvalue weighted by molar-refractivity contribution is 0.926. The van der Waals surface area contributed by atoms with Gasteiger partial charge >= 0.3 is 0 Å². The van der Waals surface area contributed by atoms with Gasteiger partial charge in [0.25, 0.3) is 0 Å². The average Bonchev–Trinajstić information content (AvgIpc) is 1.59. The summed E-state index contributed by atoms with van der Waals surface area (Å²) in [7, 11) is 0. The summed E-state index contributed by atoms with van der Waals surface area (Å²) in [4.78, 5) is 2.87. The van der Waals surface area contributed by atoms with Gasteiger partial charge in [-0.1, -0.05) is 19.1 Å². The predicted molar refractivity (Wildman–Crippen MR) is 44.3 cm³/mol. The van der Waals surface area contributed by atoms with Crippen LogP contribution in [0.25, 0.3) is 0 Å². The molecule has 0 unspecified atom stereocenters. The van der Waals surface area contributed by atoms with Crippen molar-refractivity contribution in [2.45, 2.75) is 20.8 Å². The fourth-order valence-electron chi connectivity index (χ4n) is 1.11. The summed E-state index contributed by atoms with van der Waals surface area (Å²) in [6.45, 7) is 6.54. The van der Waals surface area contributed by atoms with Crippen LogP contribution in [-0.4, -0.2) is 0 Å². The highest BCUT2D eigenvalue weighted by molar-refractivity contribution is 8.06. The van der Waals surface area contributed by atoms with Crippen LogP contribution in [0.5, 0.6) is 0 Å². The van der Waals surface area contributed by atoms with Crippen molar-refractivity contribution in [3.63, 3.8) is 0 Å². The first-order valence-corrected chi connectivity index (χ1v) is 4.05. The minimum absolute atomic E-state index is 0.645. The fourth-order valence-corrected chi connectivity index (χ4v) is 2.18. The van der Waals surface area contributed by atoms with E-state index in [0.717, 1.165) is 0 Å². The van der Waals surface area contributed by atoms with Crippen LogP contribution in [0.15, 0.2) is 22.0 Å². The summed E-state index contributed by atoms with van der Waals surface area (Å²) in [6.07, 6.45) is 4.58. The van der Waals surface area contributed by atoms with E-state index in [1.165, 1.54) is 9.81 Å². The molecule has 0 bridgehead atoms. The highest BCUT2D eigenvalue weighted by Crippen LogP contribution is 2.31. The molecule has 1 heteroatoms. The molecule has 0 N–H and O–H groups in total. The van der Waals surface area contributed by atoms with Crippen LogP contribution < -0.4 is 0 Å². The zero-order valence-corrected chi connectivity index (χ0v) is 6.96. The average molecular weight is 140 g/mol. The zero-order chi connectivity index (χ0) is 6.85. The lowest BCUT2D eigenvalue weighted by atomic mass is 10.1. The number of rotatable bonds is 0. The molecule has 1 aliphatic heterocycles. The van der Waals surface area contributed by atoms with Crippen molar-refractivity contribution in [1.82, 2.24) is 0 Å². The molecule has 0 radical (unpaired) electrons. The molecular formula is C8H12S. The normalized spacial score (nSPS) is 21.2. The third-order valence-electron chi connectivity index (χ3n) is 1.32. The molecule has 9 heavy (non-hydrogen) atoms. The van der Waals surface area contributed by atoms with Gasteiger partial charge in [0.2, 0.25) is 0 Å². The molecule has 1 rings (SSSR count). The Morgan fingerprint density at radius 3 is 2.00 bits per heavy atom. The summed E-state index contributed by atoms with van der Waals surface area (Å²) in [5, 5.41) is 0. The van der Waals surface area contributed by atoms with Gasteiger partial charge in [0.15, 0.2) is 0 Å². The lowest BCUT2D eigenvalue weighted by Gasteiger charge is -2.11. The van der Waals surface area contributed by atoms with E-state index in [4.69, 9.17) is 0 Å². The van der Waals surface area contributed by atoms with Crippen molar-refractivity contribution < 1.29 is 0 Å². The number of allylic oxidation sites excluding steroid dienone is 4. The molecule has 1 heterocycles. The zero-order valence-electron chi connectivity index (χ0n) is 6.14. The quantitative estimate of drug-likeness (QED) is 0.498. The number of thioether (sulfide) groups is 1. The monoisotopic (exact) mass is 140 g/mol. The van der Waals surface area contributed by atoms with E-state index in [1.807, 2.05) is 11.8 Å². The van der Waals surface area contributed by atoms with Crippen LogP contribution in [0.1, 0.15) is 20.8 Å². The van der Waals surface area contributed by atoms with Crippen molar-refractivity contribution in [3.05, 3.63) is 22.0 Å². The van der Waals surface area contributed by atoms with Gasteiger partial charge in [-0.3, -0.25) is 0 Å². The van der Waals surface area contributed by atoms with Gasteiger partial charge in [-0.25, -0.2) is 0 Å². The smallest absolute Gasteiger partial charge is 0.00601 e. The van der Waals surface area contributed by atoms with E-state index in [1.54, 1.807) is 0 Å². The Kier molecular flexibility index (Phi) is 2.01. The van der Waals surface area contributed by atoms with Crippen LogP contribution in [-0.2, 0) is 0 Å². The molecular weight excluding hydrogens is 128 g/mol. The van der Waals surface area contributed by atoms with E-state index >= 15 is 0 Å².